The first-order chi connectivity index (χ1) is 33.7. The summed E-state index contributed by atoms with van der Waals surface area (Å²) in [6.07, 6.45) is 0.824. The summed E-state index contributed by atoms with van der Waals surface area (Å²) in [6, 6.07) is 78.0. The van der Waals surface area contributed by atoms with Crippen molar-refractivity contribution in [2.45, 2.75) is 6.42 Å². The van der Waals surface area contributed by atoms with Crippen molar-refractivity contribution < 1.29 is 4.74 Å². The van der Waals surface area contributed by atoms with E-state index >= 15 is 0 Å². The lowest BCUT2D eigenvalue weighted by molar-refractivity contribution is 0.420. The van der Waals surface area contributed by atoms with E-state index < -0.39 is 0 Å². The Hall–Kier alpha value is -8.51. The van der Waals surface area contributed by atoms with E-state index in [-0.39, 0.29) is 0 Å². The molecule has 1 aliphatic carbocycles. The highest BCUT2D eigenvalue weighted by molar-refractivity contribution is 7.26. The summed E-state index contributed by atoms with van der Waals surface area (Å²) in [7, 11) is 1.72. The molecule has 0 N–H and O–H groups in total. The maximum atomic E-state index is 6.02. The van der Waals surface area contributed by atoms with Crippen LogP contribution in [0.5, 0.6) is 5.75 Å². The molecule has 0 unspecified atom stereocenters. The number of ether oxygens (including phenoxy) is 1. The van der Waals surface area contributed by atoms with E-state index in [0.29, 0.717) is 17.5 Å². The number of hydrogen-bond donors (Lipinski definition) is 0. The average Bonchev–Trinajstić information content (AvgIpc) is 4.00. The van der Waals surface area contributed by atoms with Gasteiger partial charge in [0, 0.05) is 42.2 Å². The van der Waals surface area contributed by atoms with Gasteiger partial charge in [-0.25, -0.2) is 15.0 Å². The molecule has 4 nitrogen and oxygen atoms in total. The number of rotatable bonds is 8. The van der Waals surface area contributed by atoms with Gasteiger partial charge in [0.15, 0.2) is 17.5 Å². The second-order valence-corrected chi connectivity index (χ2v) is 18.4. The van der Waals surface area contributed by atoms with Gasteiger partial charge in [0.25, 0.3) is 0 Å². The van der Waals surface area contributed by atoms with E-state index in [4.69, 9.17) is 19.7 Å². The number of fused-ring (bicyclic) bond motifs is 7. The molecule has 0 spiro atoms. The first-order valence-corrected chi connectivity index (χ1v) is 23.8. The Morgan fingerprint density at radius 3 is 1.75 bits per heavy atom. The number of methoxy groups -OCH3 is 1. The quantitative estimate of drug-likeness (QED) is 0.153. The van der Waals surface area contributed by atoms with E-state index in [0.717, 1.165) is 44.3 Å². The SMILES string of the molecule is COc1cc(-c2nc(-c3cccc4c3-c3c(cccc3-c3ccccc3-c3ccccc3)C4)nc(-c3cccc4c3sc3cccc(-c5cccc(-c6ccccc6)c5)c34)n2)cc2ccccc12. The molecular weight excluding hydrogens is 847 g/mol. The van der Waals surface area contributed by atoms with Crippen molar-refractivity contribution in [2.24, 2.45) is 0 Å². The van der Waals surface area contributed by atoms with E-state index in [1.165, 1.54) is 82.2 Å². The van der Waals surface area contributed by atoms with Gasteiger partial charge in [0.05, 0.1) is 7.11 Å². The third kappa shape index (κ3) is 6.70. The van der Waals surface area contributed by atoms with Crippen LogP contribution < -0.4 is 4.74 Å². The van der Waals surface area contributed by atoms with Crippen molar-refractivity contribution >= 4 is 42.3 Å². The number of nitrogens with zero attached hydrogens (tertiary/aromatic N) is 3. The van der Waals surface area contributed by atoms with Gasteiger partial charge in [-0.3, -0.25) is 0 Å². The molecule has 12 aromatic rings. The van der Waals surface area contributed by atoms with Crippen LogP contribution in [0.1, 0.15) is 11.1 Å². The lowest BCUT2D eigenvalue weighted by Gasteiger charge is -2.17. The molecule has 1 aliphatic rings. The van der Waals surface area contributed by atoms with Crippen LogP contribution in [0.15, 0.2) is 218 Å². The minimum absolute atomic E-state index is 0.587. The smallest absolute Gasteiger partial charge is 0.165 e. The number of thiophene rings is 1. The third-order valence-electron chi connectivity index (χ3n) is 13.5. The molecule has 2 aromatic heterocycles. The van der Waals surface area contributed by atoms with Crippen LogP contribution in [0.25, 0.3) is 121 Å². The van der Waals surface area contributed by atoms with Crippen LogP contribution in [0, 0.1) is 0 Å². The van der Waals surface area contributed by atoms with Gasteiger partial charge >= 0.3 is 0 Å². The molecule has 10 aromatic carbocycles. The summed E-state index contributed by atoms with van der Waals surface area (Å²) in [4.78, 5) is 16.4. The predicted molar refractivity (Wildman–Crippen MR) is 283 cm³/mol. The molecule has 13 rings (SSSR count). The fourth-order valence-electron chi connectivity index (χ4n) is 10.4. The second-order valence-electron chi connectivity index (χ2n) is 17.4. The molecule has 0 atom stereocenters. The van der Waals surface area contributed by atoms with E-state index in [9.17, 15) is 0 Å². The average molecular weight is 888 g/mol. The highest BCUT2D eigenvalue weighted by Crippen LogP contribution is 2.50. The van der Waals surface area contributed by atoms with Crippen molar-refractivity contribution in [1.29, 1.82) is 0 Å². The van der Waals surface area contributed by atoms with Crippen molar-refractivity contribution in [2.75, 3.05) is 7.11 Å². The third-order valence-corrected chi connectivity index (χ3v) is 14.7. The molecule has 0 bridgehead atoms. The van der Waals surface area contributed by atoms with E-state index in [1.54, 1.807) is 18.4 Å². The first-order valence-electron chi connectivity index (χ1n) is 23.0. The molecule has 0 radical (unpaired) electrons. The van der Waals surface area contributed by atoms with Crippen LogP contribution >= 0.6 is 11.3 Å². The Morgan fingerprint density at radius 1 is 0.382 bits per heavy atom. The van der Waals surface area contributed by atoms with Crippen molar-refractivity contribution in [3.8, 4) is 95.5 Å². The largest absolute Gasteiger partial charge is 0.496 e. The van der Waals surface area contributed by atoms with Crippen LogP contribution in [-0.2, 0) is 6.42 Å². The zero-order chi connectivity index (χ0) is 45.1. The highest BCUT2D eigenvalue weighted by Gasteiger charge is 2.28. The lowest BCUT2D eigenvalue weighted by atomic mass is 9.88. The molecule has 68 heavy (non-hydrogen) atoms. The highest BCUT2D eigenvalue weighted by atomic mass is 32.1. The summed E-state index contributed by atoms with van der Waals surface area (Å²) >= 11 is 1.79. The van der Waals surface area contributed by atoms with E-state index in [2.05, 4.69) is 212 Å². The number of aromatic nitrogens is 3. The van der Waals surface area contributed by atoms with Gasteiger partial charge in [-0.2, -0.15) is 0 Å². The Balaban J connectivity index is 1.03. The molecule has 5 heteroatoms. The van der Waals surface area contributed by atoms with Crippen molar-refractivity contribution in [3.63, 3.8) is 0 Å². The Bertz CT molecular complexity index is 3930. The minimum atomic E-state index is 0.587. The zero-order valence-electron chi connectivity index (χ0n) is 37.1. The fraction of sp³-hybridized carbons (Fsp3) is 0.0317. The zero-order valence-corrected chi connectivity index (χ0v) is 38.0. The molecule has 320 valence electrons. The summed E-state index contributed by atoms with van der Waals surface area (Å²) in [5.41, 5.74) is 17.3. The predicted octanol–water partition coefficient (Wildman–Crippen LogP) is 16.6. The van der Waals surface area contributed by atoms with Crippen LogP contribution in [0.4, 0.5) is 0 Å². The second kappa shape index (κ2) is 16.4. The van der Waals surface area contributed by atoms with Gasteiger partial charge in [-0.1, -0.05) is 188 Å². The van der Waals surface area contributed by atoms with Gasteiger partial charge in [0.1, 0.15) is 5.75 Å². The molecular formula is C63H41N3OS. The fourth-order valence-corrected chi connectivity index (χ4v) is 11.6. The van der Waals surface area contributed by atoms with Gasteiger partial charge in [-0.15, -0.1) is 11.3 Å². The van der Waals surface area contributed by atoms with Crippen LogP contribution in [0.3, 0.4) is 0 Å². The Morgan fingerprint density at radius 2 is 0.941 bits per heavy atom. The lowest BCUT2D eigenvalue weighted by Crippen LogP contribution is -2.02. The topological polar surface area (TPSA) is 47.9 Å². The summed E-state index contributed by atoms with van der Waals surface area (Å²) in [5, 5.41) is 4.50. The van der Waals surface area contributed by atoms with Gasteiger partial charge in [-0.05, 0) is 109 Å². The van der Waals surface area contributed by atoms with E-state index in [1.807, 2.05) is 6.07 Å². The number of hydrogen-bond acceptors (Lipinski definition) is 5. The summed E-state index contributed by atoms with van der Waals surface area (Å²) in [5.74, 6) is 2.61. The van der Waals surface area contributed by atoms with Gasteiger partial charge < -0.3 is 4.74 Å². The molecule has 0 saturated carbocycles. The molecule has 0 aliphatic heterocycles. The monoisotopic (exact) mass is 887 g/mol. The number of benzene rings is 10. The maximum Gasteiger partial charge on any atom is 0.165 e. The normalized spacial score (nSPS) is 11.8. The Kier molecular flexibility index (Phi) is 9.62. The van der Waals surface area contributed by atoms with Crippen LogP contribution in [0.2, 0.25) is 0 Å². The molecule has 2 heterocycles. The maximum absolute atomic E-state index is 6.02. The van der Waals surface area contributed by atoms with Crippen molar-refractivity contribution in [3.05, 3.63) is 230 Å². The molecule has 0 fully saturated rings. The van der Waals surface area contributed by atoms with Crippen LogP contribution in [-0.4, -0.2) is 22.1 Å². The van der Waals surface area contributed by atoms with Gasteiger partial charge in [0.2, 0.25) is 0 Å². The summed E-state index contributed by atoms with van der Waals surface area (Å²) in [6.45, 7) is 0. The standard InChI is InChI=1S/C63H41N3OS/c1-67-55-38-46(36-42-21-8-9-27-48(42)55)61-64-62(53-32-14-25-45-37-44-24-13-30-51(57(44)58(45)53)50-28-11-10-26-47(50)40-19-6-3-7-20-40)66-63(65-61)54-33-15-31-52-59-49(29-16-34-56(59)68-60(52)54)43-23-12-22-41(35-43)39-17-4-2-5-18-39/h2-36,38H,37H2,1H3. The minimum Gasteiger partial charge on any atom is -0.496 e. The first kappa shape index (κ1) is 39.8. The molecule has 0 amide bonds. The Labute approximate surface area is 398 Å². The van der Waals surface area contributed by atoms with Crippen molar-refractivity contribution in [1.82, 2.24) is 15.0 Å². The summed E-state index contributed by atoms with van der Waals surface area (Å²) < 4.78 is 8.37. The molecule has 0 saturated heterocycles.